The molecular formula is C11H14O7. The Kier molecular flexibility index (Phi) is 4.09. The summed E-state index contributed by atoms with van der Waals surface area (Å²) in [5, 5.41) is 19.0. The summed E-state index contributed by atoms with van der Waals surface area (Å²) in [5.41, 5.74) is -0.452. The van der Waals surface area contributed by atoms with E-state index in [2.05, 4.69) is 0 Å². The first-order valence-corrected chi connectivity index (χ1v) is 4.85. The Morgan fingerprint density at radius 3 is 1.56 bits per heavy atom. The van der Waals surface area contributed by atoms with Crippen LogP contribution in [0.15, 0.2) is 0 Å². The maximum atomic E-state index is 11.1. The van der Waals surface area contributed by atoms with E-state index in [0.717, 1.165) is 0 Å². The molecular weight excluding hydrogens is 244 g/mol. The second-order valence-corrected chi connectivity index (χ2v) is 3.16. The summed E-state index contributed by atoms with van der Waals surface area (Å²) >= 11 is 0. The van der Waals surface area contributed by atoms with Crippen LogP contribution >= 0.6 is 0 Å². The van der Waals surface area contributed by atoms with E-state index in [1.165, 1.54) is 28.4 Å². The number of benzene rings is 1. The maximum absolute atomic E-state index is 11.1. The molecule has 7 nitrogen and oxygen atoms in total. The van der Waals surface area contributed by atoms with Crippen molar-refractivity contribution in [1.29, 1.82) is 0 Å². The van der Waals surface area contributed by atoms with E-state index in [1.807, 2.05) is 0 Å². The van der Waals surface area contributed by atoms with Crippen LogP contribution in [-0.4, -0.2) is 44.6 Å². The fourth-order valence-corrected chi connectivity index (χ4v) is 1.60. The van der Waals surface area contributed by atoms with Crippen LogP contribution in [0.25, 0.3) is 0 Å². The molecule has 0 bridgehead atoms. The smallest absolute Gasteiger partial charge is 0.343 e. The Morgan fingerprint density at radius 1 is 0.833 bits per heavy atom. The van der Waals surface area contributed by atoms with Gasteiger partial charge in [0.15, 0.2) is 17.1 Å². The average molecular weight is 258 g/mol. The normalized spacial score (nSPS) is 9.78. The van der Waals surface area contributed by atoms with Gasteiger partial charge in [0.05, 0.1) is 28.4 Å². The SMILES string of the molecule is COc1c(O)c(C(=O)O)c(OC)c(OC)c1OC. The zero-order valence-corrected chi connectivity index (χ0v) is 10.4. The molecule has 18 heavy (non-hydrogen) atoms. The first-order chi connectivity index (χ1) is 8.53. The van der Waals surface area contributed by atoms with Crippen LogP contribution in [0.5, 0.6) is 28.7 Å². The third-order valence-corrected chi connectivity index (χ3v) is 2.33. The van der Waals surface area contributed by atoms with E-state index in [4.69, 9.17) is 24.1 Å². The number of aromatic carboxylic acids is 1. The van der Waals surface area contributed by atoms with Crippen molar-refractivity contribution in [2.75, 3.05) is 28.4 Å². The summed E-state index contributed by atoms with van der Waals surface area (Å²) in [5.74, 6) is -2.14. The highest BCUT2D eigenvalue weighted by Gasteiger charge is 2.30. The highest BCUT2D eigenvalue weighted by molar-refractivity contribution is 5.97. The van der Waals surface area contributed by atoms with Crippen LogP contribution in [0.3, 0.4) is 0 Å². The highest BCUT2D eigenvalue weighted by atomic mass is 16.5. The van der Waals surface area contributed by atoms with Gasteiger partial charge in [0.25, 0.3) is 0 Å². The molecule has 0 aromatic heterocycles. The molecule has 0 heterocycles. The molecule has 0 unspecified atom stereocenters. The van der Waals surface area contributed by atoms with E-state index < -0.39 is 17.3 Å². The van der Waals surface area contributed by atoms with E-state index in [0.29, 0.717) is 0 Å². The predicted octanol–water partition coefficient (Wildman–Crippen LogP) is 1.12. The zero-order valence-electron chi connectivity index (χ0n) is 10.4. The molecule has 1 aromatic rings. The van der Waals surface area contributed by atoms with Crippen molar-refractivity contribution >= 4 is 5.97 Å². The van der Waals surface area contributed by atoms with Gasteiger partial charge in [-0.05, 0) is 0 Å². The van der Waals surface area contributed by atoms with Gasteiger partial charge >= 0.3 is 5.97 Å². The summed E-state index contributed by atoms with van der Waals surface area (Å²) in [4.78, 5) is 11.1. The molecule has 0 fully saturated rings. The third-order valence-electron chi connectivity index (χ3n) is 2.33. The molecule has 0 saturated heterocycles. The third kappa shape index (κ3) is 1.94. The molecule has 0 aliphatic carbocycles. The average Bonchev–Trinajstić information content (AvgIpc) is 2.36. The largest absolute Gasteiger partial charge is 0.503 e. The zero-order chi connectivity index (χ0) is 13.9. The van der Waals surface area contributed by atoms with Crippen molar-refractivity contribution < 1.29 is 34.0 Å². The van der Waals surface area contributed by atoms with Crippen LogP contribution in [0.4, 0.5) is 0 Å². The molecule has 0 amide bonds. The van der Waals surface area contributed by atoms with E-state index in [9.17, 15) is 9.90 Å². The monoisotopic (exact) mass is 258 g/mol. The molecule has 100 valence electrons. The second kappa shape index (κ2) is 5.35. The number of methoxy groups -OCH3 is 4. The second-order valence-electron chi connectivity index (χ2n) is 3.16. The van der Waals surface area contributed by atoms with E-state index in [-0.39, 0.29) is 23.0 Å². The number of carbonyl (C=O) groups is 1. The predicted molar refractivity (Wildman–Crippen MR) is 61.3 cm³/mol. The van der Waals surface area contributed by atoms with Crippen LogP contribution in [0.1, 0.15) is 10.4 Å². The van der Waals surface area contributed by atoms with Gasteiger partial charge in [0.1, 0.15) is 0 Å². The number of hydrogen-bond donors (Lipinski definition) is 2. The summed E-state index contributed by atoms with van der Waals surface area (Å²) in [6.07, 6.45) is 0. The molecule has 2 N–H and O–H groups in total. The van der Waals surface area contributed by atoms with Crippen molar-refractivity contribution in [2.45, 2.75) is 0 Å². The minimum atomic E-state index is -1.37. The molecule has 0 aliphatic rings. The molecule has 0 radical (unpaired) electrons. The summed E-state index contributed by atoms with van der Waals surface area (Å²) in [6, 6.07) is 0. The molecule has 0 spiro atoms. The molecule has 0 aliphatic heterocycles. The standard InChI is InChI=1S/C11H14O7/c1-15-7-5(11(13)14)6(12)8(16-2)10(18-4)9(7)17-3/h12H,1-4H3,(H,13,14). The molecule has 1 rings (SSSR count). The van der Waals surface area contributed by atoms with Gasteiger partial charge in [0.2, 0.25) is 17.2 Å². The van der Waals surface area contributed by atoms with Crippen molar-refractivity contribution in [1.82, 2.24) is 0 Å². The van der Waals surface area contributed by atoms with Gasteiger partial charge in [0, 0.05) is 0 Å². The number of hydrogen-bond acceptors (Lipinski definition) is 6. The number of carboxylic acids is 1. The Labute approximate surface area is 103 Å². The van der Waals surface area contributed by atoms with E-state index in [1.54, 1.807) is 0 Å². The number of ether oxygens (including phenoxy) is 4. The van der Waals surface area contributed by atoms with Gasteiger partial charge in [-0.1, -0.05) is 0 Å². The molecule has 7 heteroatoms. The number of aromatic hydroxyl groups is 1. The van der Waals surface area contributed by atoms with Crippen molar-refractivity contribution in [3.05, 3.63) is 5.56 Å². The van der Waals surface area contributed by atoms with Gasteiger partial charge < -0.3 is 29.2 Å². The van der Waals surface area contributed by atoms with Crippen LogP contribution in [0, 0.1) is 0 Å². The maximum Gasteiger partial charge on any atom is 0.343 e. The summed E-state index contributed by atoms with van der Waals surface area (Å²) in [7, 11) is 5.19. The van der Waals surface area contributed by atoms with Crippen molar-refractivity contribution in [3.63, 3.8) is 0 Å². The van der Waals surface area contributed by atoms with Crippen LogP contribution in [-0.2, 0) is 0 Å². The molecule has 0 saturated carbocycles. The quantitative estimate of drug-likeness (QED) is 0.817. The van der Waals surface area contributed by atoms with Gasteiger partial charge in [-0.2, -0.15) is 0 Å². The van der Waals surface area contributed by atoms with Crippen molar-refractivity contribution in [2.24, 2.45) is 0 Å². The number of carboxylic acid groups (broad SMARTS) is 1. The lowest BCUT2D eigenvalue weighted by molar-refractivity contribution is 0.0688. The topological polar surface area (TPSA) is 94.5 Å². The summed E-state index contributed by atoms with van der Waals surface area (Å²) in [6.45, 7) is 0. The van der Waals surface area contributed by atoms with E-state index >= 15 is 0 Å². The highest BCUT2D eigenvalue weighted by Crippen LogP contribution is 2.52. The lowest BCUT2D eigenvalue weighted by atomic mass is 10.1. The fourth-order valence-electron chi connectivity index (χ4n) is 1.60. The first-order valence-electron chi connectivity index (χ1n) is 4.85. The van der Waals surface area contributed by atoms with Gasteiger partial charge in [-0.25, -0.2) is 4.79 Å². The Bertz CT molecular complexity index is 467. The first kappa shape index (κ1) is 13.8. The fraction of sp³-hybridized carbons (Fsp3) is 0.364. The van der Waals surface area contributed by atoms with Gasteiger partial charge in [-0.3, -0.25) is 0 Å². The lowest BCUT2D eigenvalue weighted by Gasteiger charge is -2.18. The summed E-state index contributed by atoms with van der Waals surface area (Å²) < 4.78 is 20.0. The Morgan fingerprint density at radius 2 is 1.22 bits per heavy atom. The van der Waals surface area contributed by atoms with Crippen LogP contribution in [0.2, 0.25) is 0 Å². The Balaban J connectivity index is 3.79. The number of phenols is 1. The molecule has 1 aromatic carbocycles. The van der Waals surface area contributed by atoms with Gasteiger partial charge in [-0.15, -0.1) is 0 Å². The number of rotatable bonds is 5. The minimum Gasteiger partial charge on any atom is -0.503 e. The Hall–Kier alpha value is -2.31. The van der Waals surface area contributed by atoms with Crippen molar-refractivity contribution in [3.8, 4) is 28.7 Å². The lowest BCUT2D eigenvalue weighted by Crippen LogP contribution is -2.06. The van der Waals surface area contributed by atoms with Crippen LogP contribution < -0.4 is 18.9 Å². The minimum absolute atomic E-state index is 0.0343. The molecule has 0 atom stereocenters.